The molecule has 0 spiro atoms. The van der Waals surface area contributed by atoms with E-state index in [2.05, 4.69) is 41.8 Å². The maximum absolute atomic E-state index is 13.4. The molecule has 1 amide bonds. The number of carbonyl (C=O) groups excluding carboxylic acids is 1. The molecule has 0 fully saturated rings. The van der Waals surface area contributed by atoms with Crippen LogP contribution in [0, 0.1) is 0 Å². The summed E-state index contributed by atoms with van der Waals surface area (Å²) >= 11 is 6.81. The molecule has 0 radical (unpaired) electrons. The third kappa shape index (κ3) is 2.90. The number of rotatable bonds is 2. The largest absolute Gasteiger partial charge is 0.450 e. The Labute approximate surface area is 181 Å². The summed E-state index contributed by atoms with van der Waals surface area (Å²) in [5.74, 6) is -0.215. The van der Waals surface area contributed by atoms with Gasteiger partial charge in [-0.3, -0.25) is 14.5 Å². The number of carbonyl (C=O) groups is 1. The zero-order valence-electron chi connectivity index (χ0n) is 14.7. The number of nitrogens with zero attached hydrogens (tertiary/aromatic N) is 3. The van der Waals surface area contributed by atoms with Gasteiger partial charge in [0.1, 0.15) is 5.58 Å². The molecule has 6 nitrogen and oxygen atoms in total. The monoisotopic (exact) mass is 511 g/mol. The highest BCUT2D eigenvalue weighted by Crippen LogP contribution is 2.40. The molecule has 2 aromatic carbocycles. The molecular weight excluding hydrogens is 502 g/mol. The lowest BCUT2D eigenvalue weighted by Gasteiger charge is -2.23. The molecule has 2 aromatic heterocycles. The van der Waals surface area contributed by atoms with Crippen molar-refractivity contribution in [1.29, 1.82) is 0 Å². The Morgan fingerprint density at radius 3 is 2.34 bits per heavy atom. The van der Waals surface area contributed by atoms with Crippen molar-refractivity contribution in [3.8, 4) is 0 Å². The number of amides is 1. The molecule has 1 aliphatic heterocycles. The first kappa shape index (κ1) is 18.2. The van der Waals surface area contributed by atoms with Gasteiger partial charge in [0.15, 0.2) is 5.43 Å². The number of halogens is 2. The van der Waals surface area contributed by atoms with Crippen LogP contribution in [0.2, 0.25) is 0 Å². The van der Waals surface area contributed by atoms with Crippen LogP contribution in [-0.4, -0.2) is 15.9 Å². The highest BCUT2D eigenvalue weighted by molar-refractivity contribution is 9.10. The van der Waals surface area contributed by atoms with Crippen LogP contribution in [0.3, 0.4) is 0 Å². The van der Waals surface area contributed by atoms with Gasteiger partial charge in [-0.25, -0.2) is 9.97 Å². The van der Waals surface area contributed by atoms with E-state index in [4.69, 9.17) is 4.42 Å². The van der Waals surface area contributed by atoms with Crippen molar-refractivity contribution in [2.24, 2.45) is 0 Å². The molecule has 29 heavy (non-hydrogen) atoms. The molecule has 4 aromatic rings. The van der Waals surface area contributed by atoms with Crippen LogP contribution in [0.5, 0.6) is 0 Å². The molecule has 0 saturated carbocycles. The van der Waals surface area contributed by atoms with Gasteiger partial charge in [-0.2, -0.15) is 0 Å². The van der Waals surface area contributed by atoms with Gasteiger partial charge in [0.25, 0.3) is 5.91 Å². The van der Waals surface area contributed by atoms with Crippen molar-refractivity contribution in [2.75, 3.05) is 4.90 Å². The van der Waals surface area contributed by atoms with Crippen LogP contribution >= 0.6 is 31.9 Å². The maximum atomic E-state index is 13.4. The second kappa shape index (κ2) is 6.89. The van der Waals surface area contributed by atoms with E-state index in [1.165, 1.54) is 4.90 Å². The lowest BCUT2D eigenvalue weighted by molar-refractivity contribution is 0.0969. The standard InChI is InChI=1S/C21H11Br2N3O3/c22-12-4-2-11(3-5-12)17-16-18(27)14-10-13(23)6-7-15(14)29-19(16)20(28)26(17)21-24-8-1-9-25-21/h1-10,17H. The van der Waals surface area contributed by atoms with Gasteiger partial charge in [-0.15, -0.1) is 0 Å². The Kier molecular flexibility index (Phi) is 4.33. The Hall–Kier alpha value is -2.84. The summed E-state index contributed by atoms with van der Waals surface area (Å²) in [6.45, 7) is 0. The molecule has 0 N–H and O–H groups in total. The minimum atomic E-state index is -0.687. The Balaban J connectivity index is 1.83. The zero-order chi connectivity index (χ0) is 20.1. The van der Waals surface area contributed by atoms with Gasteiger partial charge in [-0.1, -0.05) is 44.0 Å². The Bertz CT molecular complexity index is 1320. The molecule has 5 rings (SSSR count). The fourth-order valence-corrected chi connectivity index (χ4v) is 4.15. The van der Waals surface area contributed by atoms with Gasteiger partial charge in [-0.05, 0) is 42.0 Å². The van der Waals surface area contributed by atoms with Crippen LogP contribution in [0.15, 0.2) is 79.1 Å². The van der Waals surface area contributed by atoms with E-state index in [1.807, 2.05) is 24.3 Å². The van der Waals surface area contributed by atoms with Crippen molar-refractivity contribution < 1.29 is 9.21 Å². The first-order chi connectivity index (χ1) is 14.0. The van der Waals surface area contributed by atoms with Crippen molar-refractivity contribution >= 4 is 54.7 Å². The van der Waals surface area contributed by atoms with E-state index in [-0.39, 0.29) is 22.7 Å². The number of benzene rings is 2. The summed E-state index contributed by atoms with van der Waals surface area (Å²) in [5.41, 5.74) is 1.16. The van der Waals surface area contributed by atoms with Gasteiger partial charge in [0.2, 0.25) is 11.7 Å². The van der Waals surface area contributed by atoms with Crippen molar-refractivity contribution in [1.82, 2.24) is 9.97 Å². The second-order valence-electron chi connectivity index (χ2n) is 6.49. The maximum Gasteiger partial charge on any atom is 0.297 e. The average molecular weight is 513 g/mol. The van der Waals surface area contributed by atoms with Crippen LogP contribution < -0.4 is 10.3 Å². The Morgan fingerprint density at radius 1 is 0.931 bits per heavy atom. The number of hydrogen-bond acceptors (Lipinski definition) is 5. The normalized spacial score (nSPS) is 15.7. The zero-order valence-corrected chi connectivity index (χ0v) is 17.8. The predicted octanol–water partition coefficient (Wildman–Crippen LogP) is 4.86. The highest BCUT2D eigenvalue weighted by atomic mass is 79.9. The van der Waals surface area contributed by atoms with Gasteiger partial charge >= 0.3 is 0 Å². The Morgan fingerprint density at radius 2 is 1.62 bits per heavy atom. The fraction of sp³-hybridized carbons (Fsp3) is 0.0476. The fourth-order valence-electron chi connectivity index (χ4n) is 3.53. The molecule has 0 aliphatic carbocycles. The summed E-state index contributed by atoms with van der Waals surface area (Å²) in [7, 11) is 0. The summed E-state index contributed by atoms with van der Waals surface area (Å²) in [4.78, 5) is 36.6. The topological polar surface area (TPSA) is 76.3 Å². The van der Waals surface area contributed by atoms with E-state index >= 15 is 0 Å². The SMILES string of the molecule is O=C1c2oc3ccc(Br)cc3c(=O)c2C(c2ccc(Br)cc2)N1c1ncccn1. The molecule has 142 valence electrons. The third-order valence-corrected chi connectivity index (χ3v) is 5.81. The van der Waals surface area contributed by atoms with Crippen molar-refractivity contribution in [3.05, 3.63) is 97.0 Å². The lowest BCUT2D eigenvalue weighted by Crippen LogP contribution is -2.31. The summed E-state index contributed by atoms with van der Waals surface area (Å²) in [6, 6.07) is 13.6. The molecule has 8 heteroatoms. The molecular formula is C21H11Br2N3O3. The molecule has 0 bridgehead atoms. The third-order valence-electron chi connectivity index (χ3n) is 4.79. The van der Waals surface area contributed by atoms with Crippen LogP contribution in [0.25, 0.3) is 11.0 Å². The summed E-state index contributed by atoms with van der Waals surface area (Å²) < 4.78 is 7.55. The molecule has 1 unspecified atom stereocenters. The smallest absolute Gasteiger partial charge is 0.297 e. The van der Waals surface area contributed by atoms with E-state index in [0.29, 0.717) is 11.0 Å². The van der Waals surface area contributed by atoms with Crippen molar-refractivity contribution in [2.45, 2.75) is 6.04 Å². The first-order valence-corrected chi connectivity index (χ1v) is 10.3. The van der Waals surface area contributed by atoms with Crippen molar-refractivity contribution in [3.63, 3.8) is 0 Å². The quantitative estimate of drug-likeness (QED) is 0.383. The molecule has 3 heterocycles. The van der Waals surface area contributed by atoms with E-state index in [1.54, 1.807) is 36.7 Å². The molecule has 1 atom stereocenters. The predicted molar refractivity (Wildman–Crippen MR) is 115 cm³/mol. The van der Waals surface area contributed by atoms with Gasteiger partial charge < -0.3 is 4.42 Å². The summed E-state index contributed by atoms with van der Waals surface area (Å²) in [5, 5.41) is 0.406. The number of anilines is 1. The molecule has 0 saturated heterocycles. The first-order valence-electron chi connectivity index (χ1n) is 8.67. The van der Waals surface area contributed by atoms with E-state index in [0.717, 1.165) is 14.5 Å². The van der Waals surface area contributed by atoms with E-state index < -0.39 is 11.9 Å². The van der Waals surface area contributed by atoms with Crippen LogP contribution in [-0.2, 0) is 0 Å². The number of hydrogen-bond donors (Lipinski definition) is 0. The van der Waals surface area contributed by atoms with Gasteiger partial charge in [0, 0.05) is 21.3 Å². The van der Waals surface area contributed by atoms with Crippen LogP contribution in [0.1, 0.15) is 27.7 Å². The number of fused-ring (bicyclic) bond motifs is 2. The minimum absolute atomic E-state index is 0.0187. The average Bonchev–Trinajstić information content (AvgIpc) is 3.03. The minimum Gasteiger partial charge on any atom is -0.450 e. The van der Waals surface area contributed by atoms with E-state index in [9.17, 15) is 9.59 Å². The lowest BCUT2D eigenvalue weighted by atomic mass is 9.99. The number of aromatic nitrogens is 2. The summed E-state index contributed by atoms with van der Waals surface area (Å²) in [6.07, 6.45) is 3.11. The molecule has 1 aliphatic rings. The second-order valence-corrected chi connectivity index (χ2v) is 8.32. The highest BCUT2D eigenvalue weighted by Gasteiger charge is 2.44. The van der Waals surface area contributed by atoms with Crippen LogP contribution in [0.4, 0.5) is 5.95 Å². The van der Waals surface area contributed by atoms with Gasteiger partial charge in [0.05, 0.1) is 17.0 Å².